The van der Waals surface area contributed by atoms with Crippen LogP contribution in [0.15, 0.2) is 58.6 Å². The van der Waals surface area contributed by atoms with Crippen LogP contribution in [-0.2, 0) is 9.63 Å². The van der Waals surface area contributed by atoms with Crippen LogP contribution in [0.3, 0.4) is 0 Å². The first-order chi connectivity index (χ1) is 12.5. The van der Waals surface area contributed by atoms with E-state index in [-0.39, 0.29) is 11.3 Å². The number of thioether (sulfide) groups is 1. The molecule has 1 amide bonds. The number of carbonyl (C=O) groups is 1. The van der Waals surface area contributed by atoms with Gasteiger partial charge in [0.1, 0.15) is 0 Å². The fourth-order valence-electron chi connectivity index (χ4n) is 1.87. The van der Waals surface area contributed by atoms with E-state index in [0.29, 0.717) is 22.3 Å². The number of alkyl halides is 2. The Labute approximate surface area is 151 Å². The zero-order chi connectivity index (χ0) is 18.9. The van der Waals surface area contributed by atoms with Crippen LogP contribution < -0.4 is 5.32 Å². The van der Waals surface area contributed by atoms with E-state index < -0.39 is 23.2 Å². The predicted octanol–water partition coefficient (Wildman–Crippen LogP) is 3.90. The summed E-state index contributed by atoms with van der Waals surface area (Å²) in [6.07, 6.45) is 1.14. The van der Waals surface area contributed by atoms with Gasteiger partial charge in [-0.1, -0.05) is 29.1 Å². The Hall–Kier alpha value is -3.01. The third-order valence-electron chi connectivity index (χ3n) is 2.96. The molecule has 0 aliphatic rings. The van der Waals surface area contributed by atoms with Gasteiger partial charge in [-0.2, -0.15) is 8.78 Å². The Bertz CT molecular complexity index is 800. The molecule has 2 aromatic carbocycles. The lowest BCUT2D eigenvalue weighted by Crippen LogP contribution is -2.16. The van der Waals surface area contributed by atoms with Crippen LogP contribution in [0.25, 0.3) is 0 Å². The van der Waals surface area contributed by atoms with Gasteiger partial charge in [-0.15, -0.1) is 0 Å². The molecule has 0 aliphatic heterocycles. The first-order valence-corrected chi connectivity index (χ1v) is 8.07. The molecule has 136 valence electrons. The van der Waals surface area contributed by atoms with Crippen molar-refractivity contribution in [2.24, 2.45) is 5.16 Å². The lowest BCUT2D eigenvalue weighted by molar-refractivity contribution is -0.385. The molecule has 0 bridgehead atoms. The monoisotopic (exact) mass is 381 g/mol. The molecule has 10 heteroatoms. The van der Waals surface area contributed by atoms with Crippen molar-refractivity contribution < 1.29 is 23.3 Å². The van der Waals surface area contributed by atoms with Crippen molar-refractivity contribution in [3.8, 4) is 0 Å². The molecule has 0 saturated carbocycles. The van der Waals surface area contributed by atoms with Gasteiger partial charge in [-0.3, -0.25) is 14.9 Å². The van der Waals surface area contributed by atoms with E-state index in [1.807, 2.05) is 0 Å². The van der Waals surface area contributed by atoms with Crippen molar-refractivity contribution in [1.29, 1.82) is 0 Å². The summed E-state index contributed by atoms with van der Waals surface area (Å²) in [6.45, 7) is -0.412. The molecule has 2 rings (SSSR count). The number of rotatable bonds is 8. The Balaban J connectivity index is 1.83. The largest absolute Gasteiger partial charge is 0.386 e. The van der Waals surface area contributed by atoms with E-state index in [2.05, 4.69) is 10.5 Å². The maximum Gasteiger partial charge on any atom is 0.288 e. The van der Waals surface area contributed by atoms with Gasteiger partial charge in [0.05, 0.1) is 16.7 Å². The normalized spacial score (nSPS) is 10.9. The molecular formula is C16H13F2N3O4S. The van der Waals surface area contributed by atoms with Gasteiger partial charge >= 0.3 is 0 Å². The van der Waals surface area contributed by atoms with Crippen molar-refractivity contribution in [2.45, 2.75) is 10.7 Å². The summed E-state index contributed by atoms with van der Waals surface area (Å²) >= 11 is 0.406. The molecule has 0 saturated heterocycles. The van der Waals surface area contributed by atoms with Gasteiger partial charge in [-0.25, -0.2) is 0 Å². The van der Waals surface area contributed by atoms with E-state index in [0.717, 1.165) is 6.21 Å². The van der Waals surface area contributed by atoms with Crippen molar-refractivity contribution in [3.05, 3.63) is 64.2 Å². The van der Waals surface area contributed by atoms with Crippen LogP contribution in [-0.4, -0.2) is 29.4 Å². The lowest BCUT2D eigenvalue weighted by Gasteiger charge is -2.05. The smallest absolute Gasteiger partial charge is 0.288 e. The molecule has 26 heavy (non-hydrogen) atoms. The van der Waals surface area contributed by atoms with Gasteiger partial charge < -0.3 is 10.2 Å². The Morgan fingerprint density at radius 2 is 1.96 bits per heavy atom. The minimum Gasteiger partial charge on any atom is -0.386 e. The molecule has 0 radical (unpaired) electrons. The van der Waals surface area contributed by atoms with Crippen LogP contribution >= 0.6 is 11.8 Å². The van der Waals surface area contributed by atoms with Crippen molar-refractivity contribution in [2.75, 3.05) is 11.9 Å². The second-order valence-corrected chi connectivity index (χ2v) is 5.84. The van der Waals surface area contributed by atoms with Gasteiger partial charge in [0.2, 0.25) is 0 Å². The molecule has 7 nitrogen and oxygen atoms in total. The number of nitro benzene ring substituents is 1. The number of anilines is 1. The van der Waals surface area contributed by atoms with Gasteiger partial charge in [0, 0.05) is 16.6 Å². The molecule has 0 heterocycles. The number of carbonyl (C=O) groups excluding carboxylic acids is 1. The number of oxime groups is 1. The van der Waals surface area contributed by atoms with E-state index >= 15 is 0 Å². The van der Waals surface area contributed by atoms with Gasteiger partial charge in [0.15, 0.2) is 6.61 Å². The number of para-hydroxylation sites is 1. The topological polar surface area (TPSA) is 93.8 Å². The number of nitro groups is 1. The van der Waals surface area contributed by atoms with Crippen LogP contribution in [0.4, 0.5) is 20.2 Å². The molecule has 0 aliphatic carbocycles. The molecule has 0 atom stereocenters. The van der Waals surface area contributed by atoms with Crippen LogP contribution in [0.5, 0.6) is 0 Å². The second-order valence-electron chi connectivity index (χ2n) is 4.77. The fourth-order valence-corrected chi connectivity index (χ4v) is 2.37. The van der Waals surface area contributed by atoms with Crippen molar-refractivity contribution in [3.63, 3.8) is 0 Å². The summed E-state index contributed by atoms with van der Waals surface area (Å²) in [4.78, 5) is 27.2. The quantitative estimate of drug-likeness (QED) is 0.324. The summed E-state index contributed by atoms with van der Waals surface area (Å²) in [5, 5.41) is 16.9. The first-order valence-electron chi connectivity index (χ1n) is 7.19. The van der Waals surface area contributed by atoms with E-state index in [4.69, 9.17) is 4.84 Å². The highest BCUT2D eigenvalue weighted by Crippen LogP contribution is 2.26. The molecule has 0 fully saturated rings. The number of nitrogens with one attached hydrogen (secondary N) is 1. The third kappa shape index (κ3) is 6.13. The maximum atomic E-state index is 12.2. The number of nitrogens with zero attached hydrogens (tertiary/aromatic N) is 2. The van der Waals surface area contributed by atoms with E-state index in [1.165, 1.54) is 42.5 Å². The van der Waals surface area contributed by atoms with Crippen LogP contribution in [0.1, 0.15) is 5.56 Å². The molecule has 0 aromatic heterocycles. The van der Waals surface area contributed by atoms with Crippen LogP contribution in [0, 0.1) is 10.1 Å². The highest BCUT2D eigenvalue weighted by molar-refractivity contribution is 7.99. The zero-order valence-electron chi connectivity index (χ0n) is 13.2. The predicted molar refractivity (Wildman–Crippen MR) is 93.6 cm³/mol. The Morgan fingerprint density at radius 1 is 1.27 bits per heavy atom. The molecule has 1 N–H and O–H groups in total. The average Bonchev–Trinajstić information content (AvgIpc) is 2.60. The molecule has 0 unspecified atom stereocenters. The highest BCUT2D eigenvalue weighted by atomic mass is 32.2. The third-order valence-corrected chi connectivity index (χ3v) is 3.68. The first kappa shape index (κ1) is 19.3. The summed E-state index contributed by atoms with van der Waals surface area (Å²) in [7, 11) is 0. The van der Waals surface area contributed by atoms with Gasteiger partial charge in [0.25, 0.3) is 17.4 Å². The number of halogens is 2. The van der Waals surface area contributed by atoms with Crippen molar-refractivity contribution in [1.82, 2.24) is 0 Å². The SMILES string of the molecule is O=C(CO/N=C/c1ccccc1[N+](=O)[O-])Nc1ccc(SC(F)F)cc1. The number of hydrogen-bond acceptors (Lipinski definition) is 6. The van der Waals surface area contributed by atoms with Crippen LogP contribution in [0.2, 0.25) is 0 Å². The molecule has 2 aromatic rings. The Morgan fingerprint density at radius 3 is 2.62 bits per heavy atom. The standard InChI is InChI=1S/C16H13F2N3O4S/c17-16(18)26-13-7-5-12(6-8-13)20-15(22)10-25-19-9-11-3-1-2-4-14(11)21(23)24/h1-9,16H,10H2,(H,20,22)/b19-9+. The lowest BCUT2D eigenvalue weighted by atomic mass is 10.2. The Kier molecular flexibility index (Phi) is 7.03. The summed E-state index contributed by atoms with van der Waals surface area (Å²) < 4.78 is 24.4. The van der Waals surface area contributed by atoms with E-state index in [9.17, 15) is 23.7 Å². The van der Waals surface area contributed by atoms with E-state index in [1.54, 1.807) is 6.07 Å². The summed E-state index contributed by atoms with van der Waals surface area (Å²) in [5.74, 6) is -3.03. The number of benzene rings is 2. The van der Waals surface area contributed by atoms with Crippen molar-refractivity contribution >= 4 is 35.3 Å². The zero-order valence-corrected chi connectivity index (χ0v) is 14.0. The molecule has 0 spiro atoms. The maximum absolute atomic E-state index is 12.2. The average molecular weight is 381 g/mol. The number of hydrogen-bond donors (Lipinski definition) is 1. The highest BCUT2D eigenvalue weighted by Gasteiger charge is 2.10. The second kappa shape index (κ2) is 9.47. The van der Waals surface area contributed by atoms with Gasteiger partial charge in [-0.05, 0) is 30.3 Å². The fraction of sp³-hybridized carbons (Fsp3) is 0.125. The number of amides is 1. The summed E-state index contributed by atoms with van der Waals surface area (Å²) in [5.41, 5.74) is 0.524. The summed E-state index contributed by atoms with van der Waals surface area (Å²) in [6, 6.07) is 11.8. The minimum absolute atomic E-state index is 0.133. The molecular weight excluding hydrogens is 368 g/mol. The minimum atomic E-state index is -2.51.